The summed E-state index contributed by atoms with van der Waals surface area (Å²) in [4.78, 5) is 0. The molecule has 0 fully saturated rings. The molecular formula is C9H11IO2. The van der Waals surface area contributed by atoms with E-state index in [1.165, 1.54) is 3.58 Å². The molecule has 66 valence electrons. The Morgan fingerprint density at radius 2 is 2.58 bits per heavy atom. The number of halogens is 1. The van der Waals surface area contributed by atoms with E-state index in [2.05, 4.69) is 22.6 Å². The minimum Gasteiger partial charge on any atom is -0.472 e. The van der Waals surface area contributed by atoms with Crippen molar-refractivity contribution in [3.8, 4) is 0 Å². The fraction of sp³-hybridized carbons (Fsp3) is 0.333. The van der Waals surface area contributed by atoms with Crippen molar-refractivity contribution in [2.45, 2.75) is 19.4 Å². The monoisotopic (exact) mass is 278 g/mol. The molecule has 3 heteroatoms. The molecule has 0 bridgehead atoms. The van der Waals surface area contributed by atoms with Gasteiger partial charge in [-0.3, -0.25) is 0 Å². The predicted octanol–water partition coefficient (Wildman–Crippen LogP) is 3.04. The second-order valence-electron chi connectivity index (χ2n) is 2.60. The quantitative estimate of drug-likeness (QED) is 0.862. The van der Waals surface area contributed by atoms with E-state index in [-0.39, 0.29) is 0 Å². The maximum atomic E-state index is 9.55. The molecule has 0 saturated carbocycles. The number of furan rings is 1. The van der Waals surface area contributed by atoms with E-state index in [0.717, 1.165) is 5.56 Å². The molecule has 0 aromatic carbocycles. The van der Waals surface area contributed by atoms with Crippen LogP contribution in [0.2, 0.25) is 0 Å². The Balaban J connectivity index is 2.50. The molecular weight excluding hydrogens is 267 g/mol. The number of aliphatic hydroxyl groups is 1. The summed E-state index contributed by atoms with van der Waals surface area (Å²) in [5.41, 5.74) is 0.837. The maximum absolute atomic E-state index is 9.55. The minimum absolute atomic E-state index is 0.437. The fourth-order valence-electron chi connectivity index (χ4n) is 0.875. The first-order valence-electron chi connectivity index (χ1n) is 3.72. The maximum Gasteiger partial charge on any atom is 0.0960 e. The number of aliphatic hydroxyl groups excluding tert-OH is 1. The molecule has 0 spiro atoms. The van der Waals surface area contributed by atoms with Gasteiger partial charge in [-0.25, -0.2) is 0 Å². The summed E-state index contributed by atoms with van der Waals surface area (Å²) in [5, 5.41) is 9.55. The molecule has 0 aliphatic heterocycles. The Hall–Kier alpha value is -0.290. The normalized spacial score (nSPS) is 14.8. The third kappa shape index (κ3) is 2.98. The van der Waals surface area contributed by atoms with Gasteiger partial charge in [0.25, 0.3) is 0 Å². The number of rotatable bonds is 3. The molecule has 0 radical (unpaired) electrons. The topological polar surface area (TPSA) is 33.4 Å². The van der Waals surface area contributed by atoms with Crippen molar-refractivity contribution in [1.82, 2.24) is 0 Å². The Morgan fingerprint density at radius 3 is 3.08 bits per heavy atom. The van der Waals surface area contributed by atoms with Crippen molar-refractivity contribution >= 4 is 22.6 Å². The zero-order valence-corrected chi connectivity index (χ0v) is 8.98. The predicted molar refractivity (Wildman–Crippen MR) is 56.1 cm³/mol. The van der Waals surface area contributed by atoms with E-state index < -0.39 is 6.10 Å². The highest BCUT2D eigenvalue weighted by atomic mass is 127. The summed E-state index contributed by atoms with van der Waals surface area (Å²) in [6.07, 6.45) is 5.35. The average Bonchev–Trinajstić information content (AvgIpc) is 2.51. The molecule has 0 saturated heterocycles. The van der Waals surface area contributed by atoms with E-state index in [9.17, 15) is 5.11 Å². The van der Waals surface area contributed by atoms with Crippen LogP contribution in [0.1, 0.15) is 25.0 Å². The van der Waals surface area contributed by atoms with Crippen molar-refractivity contribution in [2.75, 3.05) is 0 Å². The van der Waals surface area contributed by atoms with Gasteiger partial charge in [-0.1, -0.05) is 6.08 Å². The van der Waals surface area contributed by atoms with E-state index in [0.29, 0.717) is 6.42 Å². The Kier molecular flexibility index (Phi) is 3.81. The molecule has 1 atom stereocenters. The van der Waals surface area contributed by atoms with Crippen LogP contribution in [0.4, 0.5) is 0 Å². The molecule has 0 aliphatic carbocycles. The van der Waals surface area contributed by atoms with Crippen LogP contribution < -0.4 is 0 Å². The van der Waals surface area contributed by atoms with Crippen LogP contribution in [0, 0.1) is 0 Å². The van der Waals surface area contributed by atoms with Crippen LogP contribution in [-0.4, -0.2) is 5.11 Å². The van der Waals surface area contributed by atoms with Gasteiger partial charge in [0.2, 0.25) is 0 Å². The largest absolute Gasteiger partial charge is 0.472 e. The first-order chi connectivity index (χ1) is 5.70. The molecule has 2 nitrogen and oxygen atoms in total. The van der Waals surface area contributed by atoms with Crippen molar-refractivity contribution < 1.29 is 9.52 Å². The van der Waals surface area contributed by atoms with Crippen LogP contribution in [0.5, 0.6) is 0 Å². The van der Waals surface area contributed by atoms with Crippen LogP contribution in [0.3, 0.4) is 0 Å². The van der Waals surface area contributed by atoms with Gasteiger partial charge in [-0.2, -0.15) is 0 Å². The highest BCUT2D eigenvalue weighted by molar-refractivity contribution is 14.1. The Morgan fingerprint density at radius 1 is 1.83 bits per heavy atom. The van der Waals surface area contributed by atoms with Gasteiger partial charge in [0, 0.05) is 5.56 Å². The van der Waals surface area contributed by atoms with Crippen molar-refractivity contribution in [3.63, 3.8) is 0 Å². The lowest BCUT2D eigenvalue weighted by atomic mass is 10.1. The second-order valence-corrected chi connectivity index (χ2v) is 4.30. The summed E-state index contributed by atoms with van der Waals surface area (Å²) < 4.78 is 6.05. The third-order valence-electron chi connectivity index (χ3n) is 1.55. The lowest BCUT2D eigenvalue weighted by molar-refractivity contribution is 0.180. The van der Waals surface area contributed by atoms with E-state index in [1.807, 2.05) is 13.0 Å². The van der Waals surface area contributed by atoms with E-state index in [4.69, 9.17) is 4.42 Å². The van der Waals surface area contributed by atoms with Gasteiger partial charge in [-0.15, -0.1) is 0 Å². The Labute approximate surface area is 85.4 Å². The summed E-state index contributed by atoms with van der Waals surface area (Å²) in [7, 11) is 0. The first-order valence-corrected chi connectivity index (χ1v) is 4.80. The lowest BCUT2D eigenvalue weighted by Gasteiger charge is -2.03. The van der Waals surface area contributed by atoms with E-state index in [1.54, 1.807) is 18.6 Å². The molecule has 1 N–H and O–H groups in total. The van der Waals surface area contributed by atoms with Gasteiger partial charge in [0.15, 0.2) is 0 Å². The third-order valence-corrected chi connectivity index (χ3v) is 1.99. The molecule has 1 rings (SSSR count). The summed E-state index contributed by atoms with van der Waals surface area (Å²) >= 11 is 2.22. The van der Waals surface area contributed by atoms with Crippen molar-refractivity contribution in [2.24, 2.45) is 0 Å². The zero-order valence-electron chi connectivity index (χ0n) is 6.83. The smallest absolute Gasteiger partial charge is 0.0960 e. The molecule has 1 heterocycles. The summed E-state index contributed by atoms with van der Waals surface area (Å²) in [6, 6.07) is 1.78. The summed E-state index contributed by atoms with van der Waals surface area (Å²) in [5.74, 6) is 0. The highest BCUT2D eigenvalue weighted by Crippen LogP contribution is 2.18. The minimum atomic E-state index is -0.437. The summed E-state index contributed by atoms with van der Waals surface area (Å²) in [6.45, 7) is 2.00. The van der Waals surface area contributed by atoms with Crippen LogP contribution in [0.25, 0.3) is 0 Å². The molecule has 0 aliphatic rings. The van der Waals surface area contributed by atoms with Gasteiger partial charge >= 0.3 is 0 Å². The molecule has 1 aromatic heterocycles. The molecule has 0 amide bonds. The molecule has 0 unspecified atom stereocenters. The van der Waals surface area contributed by atoms with Gasteiger partial charge in [0.1, 0.15) is 0 Å². The first kappa shape index (κ1) is 9.80. The van der Waals surface area contributed by atoms with Crippen LogP contribution >= 0.6 is 22.6 Å². The number of hydrogen-bond acceptors (Lipinski definition) is 2. The molecule has 12 heavy (non-hydrogen) atoms. The van der Waals surface area contributed by atoms with Gasteiger partial charge in [0.05, 0.1) is 18.6 Å². The van der Waals surface area contributed by atoms with Gasteiger partial charge < -0.3 is 9.52 Å². The molecule has 1 aromatic rings. The van der Waals surface area contributed by atoms with Crippen molar-refractivity contribution in [1.29, 1.82) is 0 Å². The lowest BCUT2D eigenvalue weighted by Crippen LogP contribution is -1.92. The average molecular weight is 278 g/mol. The zero-order chi connectivity index (χ0) is 8.97. The van der Waals surface area contributed by atoms with Crippen LogP contribution in [-0.2, 0) is 0 Å². The second kappa shape index (κ2) is 4.67. The van der Waals surface area contributed by atoms with Gasteiger partial charge in [-0.05, 0) is 45.6 Å². The fourth-order valence-corrected chi connectivity index (χ4v) is 1.13. The number of hydrogen-bond donors (Lipinski definition) is 1. The SMILES string of the molecule is C/C(I)=C\C[C@H](O)c1ccoc1. The van der Waals surface area contributed by atoms with Crippen LogP contribution in [0.15, 0.2) is 32.7 Å². The van der Waals surface area contributed by atoms with Crippen molar-refractivity contribution in [3.05, 3.63) is 33.8 Å². The highest BCUT2D eigenvalue weighted by Gasteiger charge is 2.05. The number of allylic oxidation sites excluding steroid dienone is 1. The standard InChI is InChI=1S/C9H11IO2/c1-7(10)2-3-9(11)8-4-5-12-6-8/h2,4-6,9,11H,3H2,1H3/b7-2+/t9-/m0/s1. The van der Waals surface area contributed by atoms with E-state index >= 15 is 0 Å². The Bertz CT molecular complexity index is 248.